The Bertz CT molecular complexity index is 573. The molecule has 0 bridgehead atoms. The fourth-order valence-electron chi connectivity index (χ4n) is 1.79. The molecule has 0 saturated heterocycles. The molecule has 0 aliphatic heterocycles. The molecule has 0 saturated carbocycles. The molecule has 18 heavy (non-hydrogen) atoms. The van der Waals surface area contributed by atoms with Crippen LogP contribution < -0.4 is 5.56 Å². The zero-order valence-corrected chi connectivity index (χ0v) is 10.5. The van der Waals surface area contributed by atoms with Gasteiger partial charge in [-0.3, -0.25) is 4.79 Å². The van der Waals surface area contributed by atoms with Gasteiger partial charge in [-0.15, -0.1) is 0 Å². The van der Waals surface area contributed by atoms with Crippen LogP contribution in [-0.2, 0) is 17.9 Å². The first kappa shape index (κ1) is 12.5. The van der Waals surface area contributed by atoms with E-state index >= 15 is 0 Å². The quantitative estimate of drug-likeness (QED) is 0.862. The van der Waals surface area contributed by atoms with E-state index in [0.717, 1.165) is 18.7 Å². The Morgan fingerprint density at radius 1 is 1.50 bits per heavy atom. The van der Waals surface area contributed by atoms with Crippen molar-refractivity contribution < 1.29 is 4.74 Å². The van der Waals surface area contributed by atoms with E-state index in [1.165, 1.54) is 6.07 Å². The van der Waals surface area contributed by atoms with E-state index in [2.05, 4.69) is 21.9 Å². The van der Waals surface area contributed by atoms with Crippen molar-refractivity contribution in [2.45, 2.75) is 26.5 Å². The van der Waals surface area contributed by atoms with Crippen molar-refractivity contribution in [1.29, 1.82) is 0 Å². The minimum Gasteiger partial charge on any atom is -0.378 e. The molecule has 1 N–H and O–H groups in total. The Morgan fingerprint density at radius 3 is 3.06 bits per heavy atom. The Labute approximate surface area is 105 Å². The number of hydrogen-bond donors (Lipinski definition) is 1. The molecule has 6 nitrogen and oxygen atoms in total. The third kappa shape index (κ3) is 2.65. The molecule has 0 atom stereocenters. The van der Waals surface area contributed by atoms with Gasteiger partial charge in [-0.25, -0.2) is 9.97 Å². The number of imidazole rings is 1. The molecule has 2 aromatic rings. The van der Waals surface area contributed by atoms with Gasteiger partial charge in [0.25, 0.3) is 5.56 Å². The number of nitrogens with zero attached hydrogens (tertiary/aromatic N) is 3. The van der Waals surface area contributed by atoms with Crippen LogP contribution >= 0.6 is 0 Å². The van der Waals surface area contributed by atoms with Gasteiger partial charge in [-0.1, -0.05) is 6.92 Å². The molecule has 2 aromatic heterocycles. The van der Waals surface area contributed by atoms with E-state index < -0.39 is 0 Å². The highest BCUT2D eigenvalue weighted by Gasteiger charge is 2.08. The molecule has 0 amide bonds. The van der Waals surface area contributed by atoms with Crippen LogP contribution in [0.25, 0.3) is 11.5 Å². The van der Waals surface area contributed by atoms with Crippen LogP contribution in [0.1, 0.15) is 19.0 Å². The summed E-state index contributed by atoms with van der Waals surface area (Å²) in [7, 11) is 1.57. The van der Waals surface area contributed by atoms with Gasteiger partial charge in [-0.05, 0) is 6.42 Å². The third-order valence-electron chi connectivity index (χ3n) is 2.51. The lowest BCUT2D eigenvalue weighted by Gasteiger charge is -2.07. The third-order valence-corrected chi connectivity index (χ3v) is 2.51. The molecule has 0 fully saturated rings. The molecular formula is C12H16N4O2. The Balaban J connectivity index is 2.43. The highest BCUT2D eigenvalue weighted by Crippen LogP contribution is 2.13. The highest BCUT2D eigenvalue weighted by atomic mass is 16.5. The summed E-state index contributed by atoms with van der Waals surface area (Å²) in [6.45, 7) is 3.24. The maximum absolute atomic E-state index is 11.6. The Kier molecular flexibility index (Phi) is 3.88. The topological polar surface area (TPSA) is 72.8 Å². The second-order valence-corrected chi connectivity index (χ2v) is 3.99. The minimum atomic E-state index is -0.184. The van der Waals surface area contributed by atoms with Crippen molar-refractivity contribution in [3.8, 4) is 11.5 Å². The average molecular weight is 248 g/mol. The Morgan fingerprint density at radius 2 is 2.33 bits per heavy atom. The first-order valence-electron chi connectivity index (χ1n) is 5.84. The number of aryl methyl sites for hydroxylation is 1. The Hall–Kier alpha value is -1.95. The van der Waals surface area contributed by atoms with E-state index in [0.29, 0.717) is 18.1 Å². The summed E-state index contributed by atoms with van der Waals surface area (Å²) in [4.78, 5) is 22.8. The maximum atomic E-state index is 11.6. The van der Waals surface area contributed by atoms with Gasteiger partial charge in [0.1, 0.15) is 5.69 Å². The van der Waals surface area contributed by atoms with Crippen molar-refractivity contribution in [1.82, 2.24) is 19.5 Å². The number of H-pyrrole nitrogens is 1. The lowest BCUT2D eigenvalue weighted by atomic mass is 10.3. The molecule has 0 unspecified atom stereocenters. The number of ether oxygens (including phenoxy) is 1. The summed E-state index contributed by atoms with van der Waals surface area (Å²) in [6, 6.07) is 1.44. The van der Waals surface area contributed by atoms with Crippen LogP contribution in [0.2, 0.25) is 0 Å². The first-order valence-corrected chi connectivity index (χ1v) is 5.84. The van der Waals surface area contributed by atoms with E-state index in [9.17, 15) is 4.79 Å². The van der Waals surface area contributed by atoms with Gasteiger partial charge in [-0.2, -0.15) is 0 Å². The summed E-state index contributed by atoms with van der Waals surface area (Å²) in [5.74, 6) is 0.528. The molecule has 2 heterocycles. The summed E-state index contributed by atoms with van der Waals surface area (Å²) >= 11 is 0. The van der Waals surface area contributed by atoms with Crippen LogP contribution in [0.5, 0.6) is 0 Å². The van der Waals surface area contributed by atoms with Gasteiger partial charge in [0.2, 0.25) is 0 Å². The average Bonchev–Trinajstić information content (AvgIpc) is 2.77. The fourth-order valence-corrected chi connectivity index (χ4v) is 1.79. The summed E-state index contributed by atoms with van der Waals surface area (Å²) in [5, 5.41) is 0. The van der Waals surface area contributed by atoms with Crippen molar-refractivity contribution in [2.24, 2.45) is 0 Å². The molecule has 2 rings (SSSR count). The van der Waals surface area contributed by atoms with Crippen LogP contribution in [0.3, 0.4) is 0 Å². The van der Waals surface area contributed by atoms with Crippen LogP contribution in [0.4, 0.5) is 0 Å². The van der Waals surface area contributed by atoms with Crippen LogP contribution in [0.15, 0.2) is 23.4 Å². The second-order valence-electron chi connectivity index (χ2n) is 3.99. The lowest BCUT2D eigenvalue weighted by Crippen LogP contribution is -2.12. The monoisotopic (exact) mass is 248 g/mol. The molecule has 6 heteroatoms. The molecule has 0 aromatic carbocycles. The highest BCUT2D eigenvalue weighted by molar-refractivity contribution is 5.48. The van der Waals surface area contributed by atoms with E-state index in [1.807, 2.05) is 4.57 Å². The SMILES string of the molecule is CCCn1cncc1-c1nc(COC)cc(=O)[nH]1. The van der Waals surface area contributed by atoms with Crippen molar-refractivity contribution in [2.75, 3.05) is 7.11 Å². The summed E-state index contributed by atoms with van der Waals surface area (Å²) in [5.41, 5.74) is 1.24. The maximum Gasteiger partial charge on any atom is 0.251 e. The van der Waals surface area contributed by atoms with Crippen LogP contribution in [-0.4, -0.2) is 26.6 Å². The van der Waals surface area contributed by atoms with Gasteiger partial charge in [0.05, 0.1) is 24.8 Å². The second kappa shape index (κ2) is 5.59. The summed E-state index contributed by atoms with van der Waals surface area (Å²) in [6.07, 6.45) is 4.43. The fraction of sp³-hybridized carbons (Fsp3) is 0.417. The number of hydrogen-bond acceptors (Lipinski definition) is 4. The van der Waals surface area contributed by atoms with Gasteiger partial charge in [0, 0.05) is 19.7 Å². The van der Waals surface area contributed by atoms with Crippen molar-refractivity contribution in [3.05, 3.63) is 34.6 Å². The van der Waals surface area contributed by atoms with E-state index in [-0.39, 0.29) is 5.56 Å². The van der Waals surface area contributed by atoms with Gasteiger partial charge in [0.15, 0.2) is 5.82 Å². The molecule has 0 aliphatic carbocycles. The van der Waals surface area contributed by atoms with Crippen LogP contribution in [0, 0.1) is 0 Å². The lowest BCUT2D eigenvalue weighted by molar-refractivity contribution is 0.181. The zero-order valence-electron chi connectivity index (χ0n) is 10.5. The first-order chi connectivity index (χ1) is 8.74. The van der Waals surface area contributed by atoms with E-state index in [4.69, 9.17) is 4.74 Å². The van der Waals surface area contributed by atoms with Crippen molar-refractivity contribution in [3.63, 3.8) is 0 Å². The molecular weight excluding hydrogens is 232 g/mol. The summed E-state index contributed by atoms with van der Waals surface area (Å²) < 4.78 is 6.96. The smallest absolute Gasteiger partial charge is 0.251 e. The predicted molar refractivity (Wildman–Crippen MR) is 67.1 cm³/mol. The molecule has 0 spiro atoms. The molecule has 0 radical (unpaired) electrons. The number of nitrogens with one attached hydrogen (secondary N) is 1. The largest absolute Gasteiger partial charge is 0.378 e. The molecule has 0 aliphatic rings. The van der Waals surface area contributed by atoms with Gasteiger partial charge >= 0.3 is 0 Å². The minimum absolute atomic E-state index is 0.184. The zero-order chi connectivity index (χ0) is 13.0. The van der Waals surface area contributed by atoms with E-state index in [1.54, 1.807) is 19.6 Å². The predicted octanol–water partition coefficient (Wildman–Crippen LogP) is 1.19. The number of aromatic amines is 1. The number of aromatic nitrogens is 4. The van der Waals surface area contributed by atoms with Crippen molar-refractivity contribution >= 4 is 0 Å². The number of methoxy groups -OCH3 is 1. The van der Waals surface area contributed by atoms with Gasteiger partial charge < -0.3 is 14.3 Å². The normalized spacial score (nSPS) is 10.8. The molecule has 96 valence electrons. The number of rotatable bonds is 5. The standard InChI is InChI=1S/C12H16N4O2/c1-3-4-16-8-13-6-10(16)12-14-9(7-18-2)5-11(17)15-12/h5-6,8H,3-4,7H2,1-2H3,(H,14,15,17).